The number of nitriles is 1. The smallest absolute Gasteiger partial charge is 0.246 e. The van der Waals surface area contributed by atoms with E-state index in [-0.39, 0.29) is 0 Å². The van der Waals surface area contributed by atoms with Crippen molar-refractivity contribution in [1.82, 2.24) is 15.2 Å². The molecule has 2 heterocycles. The minimum Gasteiger partial charge on any atom is -0.475 e. The van der Waals surface area contributed by atoms with E-state index in [9.17, 15) is 8.42 Å². The zero-order valence-electron chi connectivity index (χ0n) is 16.1. The number of hydrogen-bond acceptors (Lipinski definition) is 8. The van der Waals surface area contributed by atoms with E-state index in [1.165, 1.54) is 0 Å². The minimum atomic E-state index is -3.67. The number of hydrogen-bond donors (Lipinski definition) is 3. The molecule has 11 heteroatoms. The molecule has 1 aromatic carbocycles. The molecule has 10 nitrogen and oxygen atoms in total. The molecule has 0 atom stereocenters. The van der Waals surface area contributed by atoms with Crippen LogP contribution in [0.5, 0.6) is 5.88 Å². The summed E-state index contributed by atoms with van der Waals surface area (Å²) in [6.07, 6.45) is 1.63. The Morgan fingerprint density at radius 1 is 1.13 bits per heavy atom. The van der Waals surface area contributed by atoms with Crippen LogP contribution in [0, 0.1) is 11.3 Å². The van der Waals surface area contributed by atoms with Gasteiger partial charge in [-0.25, -0.2) is 13.4 Å². The lowest BCUT2D eigenvalue weighted by molar-refractivity contribution is 0.144. The molecule has 3 rings (SSSR count). The van der Waals surface area contributed by atoms with Gasteiger partial charge in [0.25, 0.3) is 0 Å². The summed E-state index contributed by atoms with van der Waals surface area (Å²) in [7, 11) is -2.07. The summed E-state index contributed by atoms with van der Waals surface area (Å²) in [4.78, 5) is 4.14. The number of rotatable bonds is 10. The van der Waals surface area contributed by atoms with Gasteiger partial charge >= 0.3 is 0 Å². The van der Waals surface area contributed by atoms with Crippen LogP contribution in [0.3, 0.4) is 0 Å². The molecule has 0 aliphatic rings. The highest BCUT2D eigenvalue weighted by Crippen LogP contribution is 2.24. The van der Waals surface area contributed by atoms with Gasteiger partial charge in [-0.1, -0.05) is 12.1 Å². The summed E-state index contributed by atoms with van der Waals surface area (Å²) in [5.41, 5.74) is 2.70. The highest BCUT2D eigenvalue weighted by molar-refractivity contribution is 7.92. The van der Waals surface area contributed by atoms with E-state index in [1.807, 2.05) is 6.07 Å². The number of nitrogens with one attached hydrogen (secondary N) is 3. The van der Waals surface area contributed by atoms with Crippen molar-refractivity contribution >= 4 is 27.2 Å². The Labute approximate surface area is 173 Å². The molecule has 0 aliphatic heterocycles. The van der Waals surface area contributed by atoms with E-state index in [0.29, 0.717) is 30.6 Å². The second-order valence-corrected chi connectivity index (χ2v) is 7.83. The van der Waals surface area contributed by atoms with E-state index >= 15 is 0 Å². The Kier molecular flexibility index (Phi) is 6.84. The summed E-state index contributed by atoms with van der Waals surface area (Å²) in [5.74, 6) is 0.471. The van der Waals surface area contributed by atoms with Crippen molar-refractivity contribution in [2.24, 2.45) is 0 Å². The molecule has 0 aliphatic carbocycles. The fourth-order valence-corrected chi connectivity index (χ4v) is 3.23. The summed E-state index contributed by atoms with van der Waals surface area (Å²) in [6, 6.07) is 13.7. The Morgan fingerprint density at radius 3 is 2.67 bits per heavy atom. The molecule has 0 bridgehead atoms. The van der Waals surface area contributed by atoms with Crippen LogP contribution in [-0.4, -0.2) is 49.7 Å². The maximum absolute atomic E-state index is 11.7. The van der Waals surface area contributed by atoms with Gasteiger partial charge in [-0.3, -0.25) is 9.82 Å². The van der Waals surface area contributed by atoms with Crippen LogP contribution in [0.4, 0.5) is 17.2 Å². The van der Waals surface area contributed by atoms with Gasteiger partial charge in [-0.2, -0.15) is 10.4 Å². The summed E-state index contributed by atoms with van der Waals surface area (Å²) >= 11 is 0. The monoisotopic (exact) mass is 428 g/mol. The molecule has 3 N–H and O–H groups in total. The molecule has 0 radical (unpaired) electrons. The van der Waals surface area contributed by atoms with Crippen LogP contribution in [0.1, 0.15) is 0 Å². The van der Waals surface area contributed by atoms with Gasteiger partial charge < -0.3 is 14.8 Å². The lowest BCUT2D eigenvalue weighted by Gasteiger charge is -2.07. The molecule has 0 spiro atoms. The van der Waals surface area contributed by atoms with E-state index < -0.39 is 15.8 Å². The SMILES string of the molecule is COCCOc1cc(Nc2cc(-c3ccc(NS(=O)(=O)CC#N)cc3)[nH]n2)ccn1. The first-order chi connectivity index (χ1) is 14.5. The zero-order chi connectivity index (χ0) is 21.4. The van der Waals surface area contributed by atoms with Crippen molar-refractivity contribution in [3.63, 3.8) is 0 Å². The third kappa shape index (κ3) is 5.94. The highest BCUT2D eigenvalue weighted by atomic mass is 32.2. The number of nitrogens with zero attached hydrogens (tertiary/aromatic N) is 3. The van der Waals surface area contributed by atoms with E-state index in [0.717, 1.165) is 16.9 Å². The number of H-pyrrole nitrogens is 1. The van der Waals surface area contributed by atoms with Crippen molar-refractivity contribution in [1.29, 1.82) is 5.26 Å². The molecule has 2 aromatic heterocycles. The molecule has 0 saturated carbocycles. The maximum atomic E-state index is 11.7. The third-order valence-electron chi connectivity index (χ3n) is 3.85. The standard InChI is InChI=1S/C19H20N6O4S/c1-28-9-10-29-19-12-16(6-8-21-19)22-18-13-17(23-24-18)14-2-4-15(5-3-14)25-30(26,27)11-7-20/h2-6,8,12-13,25H,9-11H2,1H3,(H2,21,22,23,24). The van der Waals surface area contributed by atoms with Crippen LogP contribution in [0.2, 0.25) is 0 Å². The average molecular weight is 428 g/mol. The van der Waals surface area contributed by atoms with E-state index in [1.54, 1.807) is 55.8 Å². The first-order valence-corrected chi connectivity index (χ1v) is 10.5. The van der Waals surface area contributed by atoms with Crippen molar-refractivity contribution < 1.29 is 17.9 Å². The molecule has 156 valence electrons. The molecule has 30 heavy (non-hydrogen) atoms. The lowest BCUT2D eigenvalue weighted by atomic mass is 10.1. The first-order valence-electron chi connectivity index (χ1n) is 8.87. The minimum absolute atomic E-state index is 0.379. The molecule has 0 amide bonds. The largest absolute Gasteiger partial charge is 0.475 e. The Hall–Kier alpha value is -3.62. The normalized spacial score (nSPS) is 10.9. The molecule has 3 aromatic rings. The Bertz CT molecular complexity index is 1120. The maximum Gasteiger partial charge on any atom is 0.246 e. The Morgan fingerprint density at radius 2 is 1.93 bits per heavy atom. The molecule has 0 saturated heterocycles. The van der Waals surface area contributed by atoms with Crippen molar-refractivity contribution in [2.45, 2.75) is 0 Å². The van der Waals surface area contributed by atoms with Crippen LogP contribution in [0.25, 0.3) is 11.3 Å². The predicted molar refractivity (Wildman–Crippen MR) is 112 cm³/mol. The quantitative estimate of drug-likeness (QED) is 0.418. The van der Waals surface area contributed by atoms with Crippen molar-refractivity contribution in [3.8, 4) is 23.2 Å². The first kappa shape index (κ1) is 21.1. The van der Waals surface area contributed by atoms with Gasteiger partial charge in [-0.15, -0.1) is 0 Å². The number of benzene rings is 1. The number of sulfonamides is 1. The van der Waals surface area contributed by atoms with Gasteiger partial charge in [0.1, 0.15) is 6.61 Å². The number of anilines is 3. The second-order valence-electron chi connectivity index (χ2n) is 6.11. The number of aromatic nitrogens is 3. The fourth-order valence-electron chi connectivity index (χ4n) is 2.50. The van der Waals surface area contributed by atoms with Crippen LogP contribution >= 0.6 is 0 Å². The van der Waals surface area contributed by atoms with Crippen molar-refractivity contribution in [2.75, 3.05) is 36.1 Å². The van der Waals surface area contributed by atoms with Crippen molar-refractivity contribution in [3.05, 3.63) is 48.7 Å². The highest BCUT2D eigenvalue weighted by Gasteiger charge is 2.10. The summed E-state index contributed by atoms with van der Waals surface area (Å²) in [6.45, 7) is 0.878. The van der Waals surface area contributed by atoms with E-state index in [4.69, 9.17) is 14.7 Å². The number of ether oxygens (including phenoxy) is 2. The third-order valence-corrected chi connectivity index (χ3v) is 4.90. The van der Waals surface area contributed by atoms with Crippen LogP contribution in [0.15, 0.2) is 48.7 Å². The zero-order valence-corrected chi connectivity index (χ0v) is 16.9. The number of methoxy groups -OCH3 is 1. The van der Waals surface area contributed by atoms with Gasteiger partial charge in [0, 0.05) is 36.8 Å². The molecule has 0 fully saturated rings. The lowest BCUT2D eigenvalue weighted by Crippen LogP contribution is -2.15. The predicted octanol–water partition coefficient (Wildman–Crippen LogP) is 2.51. The van der Waals surface area contributed by atoms with Gasteiger partial charge in [0.05, 0.1) is 18.4 Å². The number of aromatic amines is 1. The molecule has 0 unspecified atom stereocenters. The van der Waals surface area contributed by atoms with Crippen LogP contribution in [-0.2, 0) is 14.8 Å². The molecular formula is C19H20N6O4S. The van der Waals surface area contributed by atoms with Gasteiger partial charge in [0.15, 0.2) is 11.6 Å². The van der Waals surface area contributed by atoms with Gasteiger partial charge in [-0.05, 0) is 23.8 Å². The van der Waals surface area contributed by atoms with Crippen LogP contribution < -0.4 is 14.8 Å². The Balaban J connectivity index is 1.65. The summed E-state index contributed by atoms with van der Waals surface area (Å²) < 4.78 is 36.1. The van der Waals surface area contributed by atoms with E-state index in [2.05, 4.69) is 25.2 Å². The summed E-state index contributed by atoms with van der Waals surface area (Å²) in [5, 5.41) is 18.9. The average Bonchev–Trinajstić information content (AvgIpc) is 3.17. The topological polar surface area (TPSA) is 142 Å². The number of pyridine rings is 1. The van der Waals surface area contributed by atoms with Gasteiger partial charge in [0.2, 0.25) is 15.9 Å². The molecular weight excluding hydrogens is 408 g/mol. The second kappa shape index (κ2) is 9.73. The fraction of sp³-hybridized carbons (Fsp3) is 0.211.